The van der Waals surface area contributed by atoms with E-state index in [1.165, 1.54) is 5.56 Å². The summed E-state index contributed by atoms with van der Waals surface area (Å²) in [5.74, 6) is 2.82. The largest absolute Gasteiger partial charge is 0.493 e. The van der Waals surface area contributed by atoms with Crippen LogP contribution in [0.4, 0.5) is 4.39 Å². The standard InChI is InChI=1S/C20H22FNO3/c1-22-9-8-18(14-2-4-16(21)5-3-14)15(11-22)12-23-17-6-7-19-20(10-17)25-13-24-19/h2-7,10,15,18H,8-9,11-13H2,1H3/t15-,18-/m0/s1. The fraction of sp³-hybridized carbons (Fsp3) is 0.400. The highest BCUT2D eigenvalue weighted by Crippen LogP contribution is 2.37. The van der Waals surface area contributed by atoms with Gasteiger partial charge in [-0.25, -0.2) is 4.39 Å². The maximum atomic E-state index is 13.2. The topological polar surface area (TPSA) is 30.9 Å². The summed E-state index contributed by atoms with van der Waals surface area (Å²) in [4.78, 5) is 2.33. The van der Waals surface area contributed by atoms with Crippen molar-refractivity contribution in [2.75, 3.05) is 33.5 Å². The van der Waals surface area contributed by atoms with Crippen LogP contribution in [-0.4, -0.2) is 38.4 Å². The Morgan fingerprint density at radius 1 is 1.12 bits per heavy atom. The molecule has 0 aromatic heterocycles. The molecule has 5 heteroatoms. The van der Waals surface area contributed by atoms with Crippen LogP contribution in [-0.2, 0) is 0 Å². The molecular weight excluding hydrogens is 321 g/mol. The molecule has 2 atom stereocenters. The van der Waals surface area contributed by atoms with Gasteiger partial charge < -0.3 is 19.1 Å². The maximum Gasteiger partial charge on any atom is 0.231 e. The molecule has 0 amide bonds. The van der Waals surface area contributed by atoms with Gasteiger partial charge in [0.2, 0.25) is 6.79 Å². The fourth-order valence-corrected chi connectivity index (χ4v) is 3.70. The van der Waals surface area contributed by atoms with E-state index in [2.05, 4.69) is 11.9 Å². The summed E-state index contributed by atoms with van der Waals surface area (Å²) in [5.41, 5.74) is 1.19. The summed E-state index contributed by atoms with van der Waals surface area (Å²) in [6.07, 6.45) is 1.05. The molecule has 2 aromatic rings. The molecule has 4 nitrogen and oxygen atoms in total. The molecule has 0 aliphatic carbocycles. The molecule has 0 saturated carbocycles. The number of piperidine rings is 1. The zero-order valence-corrected chi connectivity index (χ0v) is 14.3. The Hall–Kier alpha value is -2.27. The van der Waals surface area contributed by atoms with E-state index in [1.54, 1.807) is 12.1 Å². The zero-order valence-electron chi connectivity index (χ0n) is 14.3. The second kappa shape index (κ2) is 6.92. The minimum absolute atomic E-state index is 0.190. The van der Waals surface area contributed by atoms with E-state index in [9.17, 15) is 4.39 Å². The Morgan fingerprint density at radius 2 is 1.92 bits per heavy atom. The molecule has 2 aliphatic rings. The Kier molecular flexibility index (Phi) is 4.49. The second-order valence-electron chi connectivity index (χ2n) is 6.80. The van der Waals surface area contributed by atoms with Crippen LogP contribution in [0.25, 0.3) is 0 Å². The number of likely N-dealkylation sites (tertiary alicyclic amines) is 1. The van der Waals surface area contributed by atoms with Crippen molar-refractivity contribution >= 4 is 0 Å². The van der Waals surface area contributed by atoms with Crippen LogP contribution < -0.4 is 14.2 Å². The van der Waals surface area contributed by atoms with Crippen molar-refractivity contribution in [2.24, 2.45) is 5.92 Å². The number of fused-ring (bicyclic) bond motifs is 1. The number of hydrogen-bond acceptors (Lipinski definition) is 4. The van der Waals surface area contributed by atoms with Crippen molar-refractivity contribution in [1.29, 1.82) is 0 Å². The van der Waals surface area contributed by atoms with Crippen LogP contribution in [0.3, 0.4) is 0 Å². The highest BCUT2D eigenvalue weighted by Gasteiger charge is 2.29. The lowest BCUT2D eigenvalue weighted by atomic mass is 9.81. The molecule has 2 heterocycles. The van der Waals surface area contributed by atoms with Crippen molar-refractivity contribution in [1.82, 2.24) is 4.90 Å². The quantitative estimate of drug-likeness (QED) is 0.848. The van der Waals surface area contributed by atoms with E-state index < -0.39 is 0 Å². The van der Waals surface area contributed by atoms with Gasteiger partial charge in [-0.1, -0.05) is 12.1 Å². The molecule has 2 aromatic carbocycles. The highest BCUT2D eigenvalue weighted by atomic mass is 19.1. The summed E-state index contributed by atoms with van der Waals surface area (Å²) in [5, 5.41) is 0. The Balaban J connectivity index is 1.47. The lowest BCUT2D eigenvalue weighted by molar-refractivity contribution is 0.129. The third-order valence-electron chi connectivity index (χ3n) is 5.04. The lowest BCUT2D eigenvalue weighted by Gasteiger charge is -2.37. The van der Waals surface area contributed by atoms with Crippen molar-refractivity contribution in [2.45, 2.75) is 12.3 Å². The highest BCUT2D eigenvalue weighted by molar-refractivity contribution is 5.46. The van der Waals surface area contributed by atoms with Crippen molar-refractivity contribution < 1.29 is 18.6 Å². The van der Waals surface area contributed by atoms with Crippen LogP contribution in [0, 0.1) is 11.7 Å². The van der Waals surface area contributed by atoms with E-state index in [1.807, 2.05) is 30.3 Å². The predicted molar refractivity (Wildman–Crippen MR) is 92.8 cm³/mol. The van der Waals surface area contributed by atoms with Gasteiger partial charge in [0.1, 0.15) is 11.6 Å². The van der Waals surface area contributed by atoms with Gasteiger partial charge in [0, 0.05) is 18.5 Å². The van der Waals surface area contributed by atoms with Crippen molar-refractivity contribution in [3.8, 4) is 17.2 Å². The molecule has 0 bridgehead atoms. The Labute approximate surface area is 147 Å². The molecule has 1 fully saturated rings. The minimum Gasteiger partial charge on any atom is -0.493 e. The first-order valence-corrected chi connectivity index (χ1v) is 8.65. The van der Waals surface area contributed by atoms with Crippen LogP contribution in [0.15, 0.2) is 42.5 Å². The SMILES string of the molecule is CN1CC[C@@H](c2ccc(F)cc2)[C@H](COc2ccc3c(c2)OCO3)C1. The van der Waals surface area contributed by atoms with Gasteiger partial charge in [0.05, 0.1) is 6.61 Å². The number of benzene rings is 2. The smallest absolute Gasteiger partial charge is 0.231 e. The average molecular weight is 343 g/mol. The minimum atomic E-state index is -0.190. The number of hydrogen-bond donors (Lipinski definition) is 0. The van der Waals surface area contributed by atoms with Crippen molar-refractivity contribution in [3.63, 3.8) is 0 Å². The van der Waals surface area contributed by atoms with E-state index in [4.69, 9.17) is 14.2 Å². The number of rotatable bonds is 4. The molecular formula is C20H22FNO3. The number of halogens is 1. The predicted octanol–water partition coefficient (Wildman–Crippen LogP) is 3.67. The van der Waals surface area contributed by atoms with Crippen LogP contribution in [0.1, 0.15) is 17.9 Å². The molecule has 4 rings (SSSR count). The van der Waals surface area contributed by atoms with E-state index in [-0.39, 0.29) is 12.6 Å². The second-order valence-corrected chi connectivity index (χ2v) is 6.80. The summed E-state index contributed by atoms with van der Waals surface area (Å²) in [7, 11) is 2.13. The summed E-state index contributed by atoms with van der Waals surface area (Å²) in [6.45, 7) is 2.89. The summed E-state index contributed by atoms with van der Waals surface area (Å²) < 4.78 is 30.0. The first-order chi connectivity index (χ1) is 12.2. The van der Waals surface area contributed by atoms with Crippen LogP contribution in [0.5, 0.6) is 17.2 Å². The number of ether oxygens (including phenoxy) is 3. The molecule has 132 valence electrons. The Morgan fingerprint density at radius 3 is 2.76 bits per heavy atom. The lowest BCUT2D eigenvalue weighted by Crippen LogP contribution is -2.39. The van der Waals surface area contributed by atoms with Crippen LogP contribution >= 0.6 is 0 Å². The van der Waals surface area contributed by atoms with Gasteiger partial charge in [-0.05, 0) is 55.8 Å². The molecule has 0 radical (unpaired) electrons. The van der Waals surface area contributed by atoms with Crippen LogP contribution in [0.2, 0.25) is 0 Å². The first-order valence-electron chi connectivity index (χ1n) is 8.65. The number of nitrogens with zero attached hydrogens (tertiary/aromatic N) is 1. The van der Waals surface area contributed by atoms with Gasteiger partial charge in [-0.15, -0.1) is 0 Å². The molecule has 2 aliphatic heterocycles. The van der Waals surface area contributed by atoms with Gasteiger partial charge in [-0.2, -0.15) is 0 Å². The van der Waals surface area contributed by atoms with E-state index >= 15 is 0 Å². The molecule has 0 unspecified atom stereocenters. The zero-order chi connectivity index (χ0) is 17.2. The van der Waals surface area contributed by atoms with Gasteiger partial charge in [0.15, 0.2) is 11.5 Å². The van der Waals surface area contributed by atoms with E-state index in [0.717, 1.165) is 36.8 Å². The fourth-order valence-electron chi connectivity index (χ4n) is 3.70. The average Bonchev–Trinajstić information content (AvgIpc) is 3.09. The summed E-state index contributed by atoms with van der Waals surface area (Å²) >= 11 is 0. The molecule has 1 saturated heterocycles. The normalized spacial score (nSPS) is 22.8. The maximum absolute atomic E-state index is 13.2. The van der Waals surface area contributed by atoms with Gasteiger partial charge >= 0.3 is 0 Å². The Bertz CT molecular complexity index is 734. The monoisotopic (exact) mass is 343 g/mol. The third kappa shape index (κ3) is 3.56. The molecule has 0 spiro atoms. The third-order valence-corrected chi connectivity index (χ3v) is 5.04. The van der Waals surface area contributed by atoms with Gasteiger partial charge in [-0.3, -0.25) is 0 Å². The first kappa shape index (κ1) is 16.2. The van der Waals surface area contributed by atoms with Gasteiger partial charge in [0.25, 0.3) is 0 Å². The molecule has 25 heavy (non-hydrogen) atoms. The van der Waals surface area contributed by atoms with Crippen molar-refractivity contribution in [3.05, 3.63) is 53.8 Å². The summed E-state index contributed by atoms with van der Waals surface area (Å²) in [6, 6.07) is 12.6. The molecule has 0 N–H and O–H groups in total. The van der Waals surface area contributed by atoms with E-state index in [0.29, 0.717) is 18.4 Å².